The summed E-state index contributed by atoms with van der Waals surface area (Å²) in [6.07, 6.45) is -0.0358. The average molecular weight is 360 g/mol. The molecule has 1 saturated carbocycles. The van der Waals surface area contributed by atoms with Crippen LogP contribution >= 0.6 is 23.2 Å². The molecule has 0 saturated heterocycles. The highest BCUT2D eigenvalue weighted by molar-refractivity contribution is 6.35. The van der Waals surface area contributed by atoms with E-state index in [1.165, 1.54) is 12.1 Å². The quantitative estimate of drug-likeness (QED) is 0.844. The van der Waals surface area contributed by atoms with Gasteiger partial charge in [-0.25, -0.2) is 4.79 Å². The number of nitrogens with one attached hydrogen (secondary N) is 1. The van der Waals surface area contributed by atoms with Crippen LogP contribution in [-0.4, -0.2) is 35.2 Å². The standard InChI is InChI=1S/C16H19Cl2NO4/c1-4-23-12-8-16(14(21)22,15(12,2)3)19-13(20)10-7-9(17)5-6-11(10)18/h5-7,12H,4,8H2,1-3H3,(H,19,20)(H,21,22). The topological polar surface area (TPSA) is 75.6 Å². The minimum atomic E-state index is -1.41. The number of carboxylic acids is 1. The molecule has 0 spiro atoms. The van der Waals surface area contributed by atoms with Crippen LogP contribution in [-0.2, 0) is 9.53 Å². The molecule has 1 fully saturated rings. The Morgan fingerprint density at radius 3 is 2.57 bits per heavy atom. The highest BCUT2D eigenvalue weighted by atomic mass is 35.5. The molecule has 1 aromatic carbocycles. The van der Waals surface area contributed by atoms with Gasteiger partial charge in [0.25, 0.3) is 5.91 Å². The van der Waals surface area contributed by atoms with Crippen molar-refractivity contribution >= 4 is 35.1 Å². The number of ether oxygens (including phenoxy) is 1. The number of hydrogen-bond donors (Lipinski definition) is 2. The largest absolute Gasteiger partial charge is 0.479 e. The summed E-state index contributed by atoms with van der Waals surface area (Å²) in [7, 11) is 0. The van der Waals surface area contributed by atoms with Gasteiger partial charge in [-0.2, -0.15) is 0 Å². The van der Waals surface area contributed by atoms with E-state index in [0.29, 0.717) is 11.6 Å². The summed E-state index contributed by atoms with van der Waals surface area (Å²) < 4.78 is 5.57. The molecule has 0 aromatic heterocycles. The Kier molecular flexibility index (Phi) is 4.95. The monoisotopic (exact) mass is 359 g/mol. The molecule has 1 aromatic rings. The molecule has 2 atom stereocenters. The molecule has 1 amide bonds. The van der Waals surface area contributed by atoms with E-state index in [2.05, 4.69) is 5.32 Å². The van der Waals surface area contributed by atoms with Crippen LogP contribution < -0.4 is 5.32 Å². The summed E-state index contributed by atoms with van der Waals surface area (Å²) in [5.41, 5.74) is -2.01. The van der Waals surface area contributed by atoms with Gasteiger partial charge < -0.3 is 15.2 Å². The van der Waals surface area contributed by atoms with E-state index >= 15 is 0 Å². The molecule has 1 aliphatic rings. The highest BCUT2D eigenvalue weighted by Gasteiger charge is 2.66. The maximum absolute atomic E-state index is 12.5. The lowest BCUT2D eigenvalue weighted by Gasteiger charge is -2.58. The zero-order valence-corrected chi connectivity index (χ0v) is 14.7. The van der Waals surface area contributed by atoms with Gasteiger partial charge in [0.15, 0.2) is 0 Å². The molecule has 2 N–H and O–H groups in total. The van der Waals surface area contributed by atoms with Gasteiger partial charge in [0, 0.05) is 23.5 Å². The first kappa shape index (κ1) is 18.0. The van der Waals surface area contributed by atoms with Crippen LogP contribution in [0.5, 0.6) is 0 Å². The minimum Gasteiger partial charge on any atom is -0.479 e. The number of carbonyl (C=O) groups excluding carboxylic acids is 1. The number of carbonyl (C=O) groups is 2. The first-order valence-corrected chi connectivity index (χ1v) is 8.04. The van der Waals surface area contributed by atoms with Gasteiger partial charge >= 0.3 is 5.97 Å². The molecule has 1 aliphatic carbocycles. The second kappa shape index (κ2) is 6.30. The van der Waals surface area contributed by atoms with Crippen LogP contribution in [0.2, 0.25) is 10.0 Å². The van der Waals surface area contributed by atoms with E-state index in [4.69, 9.17) is 27.9 Å². The summed E-state index contributed by atoms with van der Waals surface area (Å²) in [5.74, 6) is -1.66. The molecule has 23 heavy (non-hydrogen) atoms. The second-order valence-corrected chi connectivity index (χ2v) is 7.00. The first-order chi connectivity index (χ1) is 10.7. The Labute approximate surface area is 144 Å². The third-order valence-corrected chi connectivity index (χ3v) is 5.19. The Morgan fingerprint density at radius 2 is 2.04 bits per heavy atom. The highest BCUT2D eigenvalue weighted by Crippen LogP contribution is 2.51. The third kappa shape index (κ3) is 2.93. The van der Waals surface area contributed by atoms with Crippen LogP contribution in [0.15, 0.2) is 18.2 Å². The maximum atomic E-state index is 12.5. The van der Waals surface area contributed by atoms with E-state index < -0.39 is 22.8 Å². The SMILES string of the molecule is CCOC1CC(NC(=O)c2cc(Cl)ccc2Cl)(C(=O)O)C1(C)C. The smallest absolute Gasteiger partial charge is 0.330 e. The zero-order chi connectivity index (χ0) is 17.4. The van der Waals surface area contributed by atoms with E-state index in [1.54, 1.807) is 19.9 Å². The van der Waals surface area contributed by atoms with Crippen LogP contribution in [0.25, 0.3) is 0 Å². The van der Waals surface area contributed by atoms with Crippen molar-refractivity contribution in [1.82, 2.24) is 5.32 Å². The van der Waals surface area contributed by atoms with Gasteiger partial charge in [-0.05, 0) is 25.1 Å². The van der Waals surface area contributed by atoms with Crippen LogP contribution in [0, 0.1) is 5.41 Å². The summed E-state index contributed by atoms with van der Waals surface area (Å²) in [5, 5.41) is 12.9. The van der Waals surface area contributed by atoms with Crippen molar-refractivity contribution in [3.05, 3.63) is 33.8 Å². The summed E-state index contributed by atoms with van der Waals surface area (Å²) in [4.78, 5) is 24.4. The van der Waals surface area contributed by atoms with E-state index in [-0.39, 0.29) is 23.1 Å². The fourth-order valence-electron chi connectivity index (χ4n) is 2.97. The van der Waals surface area contributed by atoms with Crippen molar-refractivity contribution in [3.63, 3.8) is 0 Å². The lowest BCUT2D eigenvalue weighted by atomic mass is 9.54. The van der Waals surface area contributed by atoms with Crippen molar-refractivity contribution in [2.75, 3.05) is 6.61 Å². The average Bonchev–Trinajstić information content (AvgIpc) is 2.47. The first-order valence-electron chi connectivity index (χ1n) is 7.28. The van der Waals surface area contributed by atoms with Gasteiger partial charge in [-0.3, -0.25) is 4.79 Å². The van der Waals surface area contributed by atoms with Gasteiger partial charge in [-0.1, -0.05) is 37.0 Å². The number of halogens is 2. The Balaban J connectivity index is 2.30. The van der Waals surface area contributed by atoms with Crippen LogP contribution in [0.1, 0.15) is 37.6 Å². The Hall–Kier alpha value is -1.30. The fraction of sp³-hybridized carbons (Fsp3) is 0.500. The van der Waals surface area contributed by atoms with Gasteiger partial charge in [0.2, 0.25) is 0 Å². The predicted octanol–water partition coefficient (Wildman–Crippen LogP) is 3.38. The maximum Gasteiger partial charge on any atom is 0.330 e. The summed E-state index contributed by atoms with van der Waals surface area (Å²) >= 11 is 11.9. The number of benzene rings is 1. The number of rotatable bonds is 5. The molecular weight excluding hydrogens is 341 g/mol. The minimum absolute atomic E-state index is 0.149. The predicted molar refractivity (Wildman–Crippen MR) is 88.1 cm³/mol. The summed E-state index contributed by atoms with van der Waals surface area (Å²) in [6, 6.07) is 4.48. The van der Waals surface area contributed by atoms with Crippen molar-refractivity contribution in [2.45, 2.75) is 38.8 Å². The van der Waals surface area contributed by atoms with Gasteiger partial charge in [0.1, 0.15) is 5.54 Å². The molecule has 0 bridgehead atoms. The number of amides is 1. The van der Waals surface area contributed by atoms with Crippen molar-refractivity contribution in [3.8, 4) is 0 Å². The van der Waals surface area contributed by atoms with Crippen LogP contribution in [0.3, 0.4) is 0 Å². The molecule has 0 radical (unpaired) electrons. The molecule has 0 heterocycles. The number of carboxylic acid groups (broad SMARTS) is 1. The fourth-order valence-corrected chi connectivity index (χ4v) is 3.35. The number of aliphatic carboxylic acids is 1. The summed E-state index contributed by atoms with van der Waals surface area (Å²) in [6.45, 7) is 5.87. The van der Waals surface area contributed by atoms with Crippen molar-refractivity contribution in [2.24, 2.45) is 5.41 Å². The molecule has 0 aliphatic heterocycles. The van der Waals surface area contributed by atoms with E-state index in [0.717, 1.165) is 0 Å². The van der Waals surface area contributed by atoms with Crippen LogP contribution in [0.4, 0.5) is 0 Å². The van der Waals surface area contributed by atoms with E-state index in [9.17, 15) is 14.7 Å². The third-order valence-electron chi connectivity index (χ3n) is 4.63. The molecule has 2 rings (SSSR count). The van der Waals surface area contributed by atoms with Crippen molar-refractivity contribution in [1.29, 1.82) is 0 Å². The molecule has 126 valence electrons. The lowest BCUT2D eigenvalue weighted by Crippen LogP contribution is -2.76. The Bertz CT molecular complexity index is 647. The van der Waals surface area contributed by atoms with Gasteiger partial charge in [-0.15, -0.1) is 0 Å². The Morgan fingerprint density at radius 1 is 1.39 bits per heavy atom. The zero-order valence-electron chi connectivity index (χ0n) is 13.2. The van der Waals surface area contributed by atoms with Gasteiger partial charge in [0.05, 0.1) is 16.7 Å². The number of hydrogen-bond acceptors (Lipinski definition) is 3. The normalized spacial score (nSPS) is 25.5. The molecule has 5 nitrogen and oxygen atoms in total. The molecule has 7 heteroatoms. The molecule has 2 unspecified atom stereocenters. The second-order valence-electron chi connectivity index (χ2n) is 6.16. The van der Waals surface area contributed by atoms with Crippen molar-refractivity contribution < 1.29 is 19.4 Å². The van der Waals surface area contributed by atoms with E-state index in [1.807, 2.05) is 6.92 Å². The lowest BCUT2D eigenvalue weighted by molar-refractivity contribution is -0.190. The molecular formula is C16H19Cl2NO4.